The Hall–Kier alpha value is -2.02. The van der Waals surface area contributed by atoms with Crippen molar-refractivity contribution in [1.29, 1.82) is 0 Å². The number of benzene rings is 1. The summed E-state index contributed by atoms with van der Waals surface area (Å²) in [5.74, 6) is 0. The molecule has 0 radical (unpaired) electrons. The topological polar surface area (TPSA) is 77.1 Å². The molecule has 0 unspecified atom stereocenters. The first-order valence-corrected chi connectivity index (χ1v) is 10.4. The number of carbonyl (C=O) groups excluding carboxylic acids is 1. The lowest BCUT2D eigenvalue weighted by Gasteiger charge is -2.16. The standard InChI is InChI=1S/C14H23N3O3Si/c1-17(11-16-13-7-5-6-12(15)10-13)20-14(18)19-8-9-21(2,3)4/h5-7,10-11H,8-9,15H2,1-4H3. The van der Waals surface area contributed by atoms with E-state index in [1.54, 1.807) is 31.3 Å². The van der Waals surface area contributed by atoms with Crippen LogP contribution in [-0.4, -0.2) is 39.3 Å². The van der Waals surface area contributed by atoms with Crippen molar-refractivity contribution in [1.82, 2.24) is 5.06 Å². The lowest BCUT2D eigenvalue weighted by atomic mass is 10.3. The summed E-state index contributed by atoms with van der Waals surface area (Å²) < 4.78 is 5.01. The zero-order valence-electron chi connectivity index (χ0n) is 13.0. The number of hydroxylamine groups is 2. The van der Waals surface area contributed by atoms with Crippen LogP contribution in [0.5, 0.6) is 0 Å². The summed E-state index contributed by atoms with van der Waals surface area (Å²) in [7, 11) is 0.352. The number of anilines is 1. The molecule has 0 fully saturated rings. The van der Waals surface area contributed by atoms with Crippen molar-refractivity contribution >= 4 is 31.9 Å². The Morgan fingerprint density at radius 3 is 2.76 bits per heavy atom. The van der Waals surface area contributed by atoms with E-state index < -0.39 is 14.2 Å². The number of hydrogen-bond donors (Lipinski definition) is 1. The minimum atomic E-state index is -1.21. The van der Waals surface area contributed by atoms with Gasteiger partial charge in [0.1, 0.15) is 6.34 Å². The van der Waals surface area contributed by atoms with Crippen molar-refractivity contribution < 1.29 is 14.4 Å². The van der Waals surface area contributed by atoms with E-state index in [0.717, 1.165) is 6.04 Å². The van der Waals surface area contributed by atoms with Gasteiger partial charge in [0.2, 0.25) is 0 Å². The van der Waals surface area contributed by atoms with Gasteiger partial charge in [-0.3, -0.25) is 0 Å². The van der Waals surface area contributed by atoms with Gasteiger partial charge in [0, 0.05) is 20.8 Å². The Balaban J connectivity index is 2.36. The molecule has 0 aromatic heterocycles. The van der Waals surface area contributed by atoms with Gasteiger partial charge >= 0.3 is 6.16 Å². The summed E-state index contributed by atoms with van der Waals surface area (Å²) >= 11 is 0. The van der Waals surface area contributed by atoms with Gasteiger partial charge < -0.3 is 15.3 Å². The molecule has 0 saturated heterocycles. The third kappa shape index (κ3) is 7.98. The van der Waals surface area contributed by atoms with Gasteiger partial charge in [0.05, 0.1) is 12.3 Å². The number of nitrogens with zero attached hydrogens (tertiary/aromatic N) is 2. The van der Waals surface area contributed by atoms with Crippen LogP contribution in [0.3, 0.4) is 0 Å². The van der Waals surface area contributed by atoms with Crippen molar-refractivity contribution in [3.05, 3.63) is 24.3 Å². The summed E-state index contributed by atoms with van der Waals surface area (Å²) in [6.45, 7) is 7.03. The molecule has 0 saturated carbocycles. The zero-order chi connectivity index (χ0) is 15.9. The molecule has 21 heavy (non-hydrogen) atoms. The van der Waals surface area contributed by atoms with Crippen molar-refractivity contribution in [3.8, 4) is 0 Å². The zero-order valence-corrected chi connectivity index (χ0v) is 14.0. The maximum absolute atomic E-state index is 11.5. The van der Waals surface area contributed by atoms with Crippen LogP contribution in [0.15, 0.2) is 29.3 Å². The molecule has 0 bridgehead atoms. The molecule has 2 N–H and O–H groups in total. The van der Waals surface area contributed by atoms with Crippen LogP contribution in [0.2, 0.25) is 25.7 Å². The fraction of sp³-hybridized carbons (Fsp3) is 0.429. The lowest BCUT2D eigenvalue weighted by molar-refractivity contribution is -0.0546. The number of nitrogen functional groups attached to an aromatic ring is 1. The van der Waals surface area contributed by atoms with E-state index in [0.29, 0.717) is 18.0 Å². The smallest absolute Gasteiger partial charge is 0.433 e. The minimum absolute atomic E-state index is 0.384. The van der Waals surface area contributed by atoms with Crippen LogP contribution in [0.25, 0.3) is 0 Å². The van der Waals surface area contributed by atoms with Gasteiger partial charge in [-0.25, -0.2) is 9.79 Å². The number of ether oxygens (including phenoxy) is 1. The van der Waals surface area contributed by atoms with E-state index >= 15 is 0 Å². The highest BCUT2D eigenvalue weighted by atomic mass is 28.3. The van der Waals surface area contributed by atoms with Crippen LogP contribution >= 0.6 is 0 Å². The SMILES string of the molecule is CN(C=Nc1cccc(N)c1)OC(=O)OCC[Si](C)(C)C. The van der Waals surface area contributed by atoms with Crippen molar-refractivity contribution in [2.45, 2.75) is 25.7 Å². The van der Waals surface area contributed by atoms with Gasteiger partial charge in [-0.05, 0) is 24.2 Å². The number of aliphatic imine (C=N–C) groups is 1. The van der Waals surface area contributed by atoms with Crippen molar-refractivity contribution in [2.75, 3.05) is 19.4 Å². The fourth-order valence-corrected chi connectivity index (χ4v) is 2.08. The fourth-order valence-electron chi connectivity index (χ4n) is 1.36. The van der Waals surface area contributed by atoms with Gasteiger partial charge in [-0.2, -0.15) is 5.06 Å². The molecule has 0 amide bonds. The molecule has 6 nitrogen and oxygen atoms in total. The molecule has 0 aliphatic rings. The highest BCUT2D eigenvalue weighted by Gasteiger charge is 2.14. The van der Waals surface area contributed by atoms with Crippen LogP contribution < -0.4 is 5.73 Å². The monoisotopic (exact) mass is 309 g/mol. The summed E-state index contributed by atoms with van der Waals surface area (Å²) in [4.78, 5) is 20.5. The van der Waals surface area contributed by atoms with E-state index in [-0.39, 0.29) is 0 Å². The predicted octanol–water partition coefficient (Wildman–Crippen LogP) is 3.27. The highest BCUT2D eigenvalue weighted by molar-refractivity contribution is 6.76. The third-order valence-electron chi connectivity index (χ3n) is 2.53. The molecule has 0 spiro atoms. The van der Waals surface area contributed by atoms with Crippen LogP contribution in [0.4, 0.5) is 16.2 Å². The molecule has 1 rings (SSSR count). The first kappa shape index (κ1) is 17.0. The van der Waals surface area contributed by atoms with Gasteiger partial charge in [0.15, 0.2) is 0 Å². The third-order valence-corrected chi connectivity index (χ3v) is 4.23. The lowest BCUT2D eigenvalue weighted by Crippen LogP contribution is -2.26. The molecule has 0 atom stereocenters. The molecule has 116 valence electrons. The number of carbonyl (C=O) groups is 1. The molecule has 1 aromatic rings. The van der Waals surface area contributed by atoms with Crippen molar-refractivity contribution in [3.63, 3.8) is 0 Å². The Morgan fingerprint density at radius 2 is 2.14 bits per heavy atom. The normalized spacial score (nSPS) is 11.4. The van der Waals surface area contributed by atoms with Crippen molar-refractivity contribution in [2.24, 2.45) is 4.99 Å². The second-order valence-corrected chi connectivity index (χ2v) is 11.5. The second kappa shape index (κ2) is 7.68. The average Bonchev–Trinajstić information content (AvgIpc) is 2.35. The molecule has 0 heterocycles. The maximum atomic E-state index is 11.5. The molecule has 1 aromatic carbocycles. The van der Waals surface area contributed by atoms with E-state index in [9.17, 15) is 4.79 Å². The summed E-state index contributed by atoms with van der Waals surface area (Å²) in [5, 5.41) is 1.19. The molecule has 0 aliphatic heterocycles. The van der Waals surface area contributed by atoms with E-state index in [4.69, 9.17) is 15.3 Å². The largest absolute Gasteiger partial charge is 0.533 e. The second-order valence-electron chi connectivity index (χ2n) is 5.89. The van der Waals surface area contributed by atoms with Crippen LogP contribution in [0.1, 0.15) is 0 Å². The summed E-state index contributed by atoms with van der Waals surface area (Å²) in [6.07, 6.45) is 0.656. The van der Waals surface area contributed by atoms with E-state index in [1.807, 2.05) is 0 Å². The Morgan fingerprint density at radius 1 is 1.43 bits per heavy atom. The Bertz CT molecular complexity index is 500. The summed E-state index contributed by atoms with van der Waals surface area (Å²) in [5.41, 5.74) is 6.95. The number of nitrogens with two attached hydrogens (primary N) is 1. The van der Waals surface area contributed by atoms with Gasteiger partial charge in [0.25, 0.3) is 0 Å². The van der Waals surface area contributed by atoms with Gasteiger partial charge in [-0.15, -0.1) is 0 Å². The minimum Gasteiger partial charge on any atom is -0.433 e. The molecule has 7 heteroatoms. The van der Waals surface area contributed by atoms with E-state index in [1.165, 1.54) is 11.4 Å². The molecule has 0 aliphatic carbocycles. The highest BCUT2D eigenvalue weighted by Crippen LogP contribution is 2.14. The first-order chi connectivity index (χ1) is 9.76. The molecular formula is C14H23N3O3Si. The number of hydrogen-bond acceptors (Lipinski definition) is 5. The van der Waals surface area contributed by atoms with Gasteiger partial charge in [-0.1, -0.05) is 25.7 Å². The summed E-state index contributed by atoms with van der Waals surface area (Å²) in [6, 6.07) is 8.00. The van der Waals surface area contributed by atoms with Crippen LogP contribution in [-0.2, 0) is 9.57 Å². The van der Waals surface area contributed by atoms with Crippen LogP contribution in [0, 0.1) is 0 Å². The predicted molar refractivity (Wildman–Crippen MR) is 87.4 cm³/mol. The average molecular weight is 309 g/mol. The maximum Gasteiger partial charge on any atom is 0.533 e. The Kier molecular flexibility index (Phi) is 6.23. The van der Waals surface area contributed by atoms with E-state index in [2.05, 4.69) is 24.6 Å². The number of rotatable bonds is 6. The first-order valence-electron chi connectivity index (χ1n) is 6.73. The molecular weight excluding hydrogens is 286 g/mol. The Labute approximate surface area is 126 Å². The quantitative estimate of drug-likeness (QED) is 0.218.